The van der Waals surface area contributed by atoms with Crippen LogP contribution in [0, 0.1) is 0 Å². The van der Waals surface area contributed by atoms with E-state index in [1.165, 1.54) is 5.56 Å². The fourth-order valence-electron chi connectivity index (χ4n) is 3.80. The first-order chi connectivity index (χ1) is 12.2. The number of likely N-dealkylation sites (tertiary alicyclic amines) is 1. The Morgan fingerprint density at radius 2 is 1.62 bits per heavy atom. The van der Waals surface area contributed by atoms with Gasteiger partial charge in [-0.05, 0) is 24.0 Å². The number of nitrogens with zero attached hydrogens (tertiary/aromatic N) is 1. The molecule has 0 spiro atoms. The minimum absolute atomic E-state index is 0. The summed E-state index contributed by atoms with van der Waals surface area (Å²) in [4.78, 5) is 15.2. The van der Waals surface area contributed by atoms with Crippen LogP contribution in [0.2, 0.25) is 0 Å². The molecule has 0 bridgehead atoms. The number of carbonyl (C=O) groups is 1. The molecular weight excluding hydrogens is 346 g/mol. The van der Waals surface area contributed by atoms with Crippen LogP contribution in [-0.4, -0.2) is 36.0 Å². The van der Waals surface area contributed by atoms with Crippen molar-refractivity contribution in [1.82, 2.24) is 10.2 Å². The fourth-order valence-corrected chi connectivity index (χ4v) is 3.80. The van der Waals surface area contributed by atoms with Gasteiger partial charge in [0, 0.05) is 31.1 Å². The highest BCUT2D eigenvalue weighted by Crippen LogP contribution is 2.33. The molecular formula is C21H26ClN3O. The van der Waals surface area contributed by atoms with E-state index in [9.17, 15) is 4.79 Å². The Balaban J connectivity index is 0.00000196. The van der Waals surface area contributed by atoms with Crippen molar-refractivity contribution in [2.24, 2.45) is 5.73 Å². The summed E-state index contributed by atoms with van der Waals surface area (Å²) in [7, 11) is 0. The van der Waals surface area contributed by atoms with Crippen molar-refractivity contribution < 1.29 is 4.79 Å². The lowest BCUT2D eigenvalue weighted by Gasteiger charge is -2.27. The quantitative estimate of drug-likeness (QED) is 0.849. The topological polar surface area (TPSA) is 58.4 Å². The lowest BCUT2D eigenvalue weighted by Crippen LogP contribution is -2.41. The Hall–Kier alpha value is -1.88. The zero-order chi connectivity index (χ0) is 17.2. The third kappa shape index (κ3) is 4.09. The molecule has 1 aliphatic carbocycles. The summed E-state index contributed by atoms with van der Waals surface area (Å²) in [6, 6.07) is 20.6. The number of carbonyl (C=O) groups excluding carboxylic acids is 1. The van der Waals surface area contributed by atoms with Crippen LogP contribution >= 0.6 is 12.4 Å². The van der Waals surface area contributed by atoms with Crippen molar-refractivity contribution in [3.63, 3.8) is 0 Å². The molecule has 4 rings (SSSR count). The lowest BCUT2D eigenvalue weighted by molar-refractivity contribution is -0.126. The van der Waals surface area contributed by atoms with Gasteiger partial charge in [-0.3, -0.25) is 9.69 Å². The second kappa shape index (κ2) is 8.21. The summed E-state index contributed by atoms with van der Waals surface area (Å²) in [5.41, 5.74) is 8.76. The minimum Gasteiger partial charge on any atom is -0.352 e. The number of benzene rings is 2. The molecule has 2 aliphatic rings. The molecule has 1 aliphatic heterocycles. The largest absolute Gasteiger partial charge is 0.352 e. The van der Waals surface area contributed by atoms with E-state index in [0.717, 1.165) is 31.5 Å². The Bertz CT molecular complexity index is 721. The molecule has 26 heavy (non-hydrogen) atoms. The molecule has 1 heterocycles. The van der Waals surface area contributed by atoms with Gasteiger partial charge in [0.15, 0.2) is 0 Å². The third-order valence-corrected chi connectivity index (χ3v) is 5.27. The van der Waals surface area contributed by atoms with Crippen LogP contribution in [0.4, 0.5) is 0 Å². The predicted molar refractivity (Wildman–Crippen MR) is 106 cm³/mol. The molecule has 5 heteroatoms. The monoisotopic (exact) mass is 371 g/mol. The van der Waals surface area contributed by atoms with E-state index in [0.29, 0.717) is 6.04 Å². The van der Waals surface area contributed by atoms with Crippen molar-refractivity contribution in [1.29, 1.82) is 0 Å². The molecule has 1 unspecified atom stereocenters. The Kier molecular flexibility index (Phi) is 5.97. The van der Waals surface area contributed by atoms with E-state index in [1.54, 1.807) is 0 Å². The first-order valence-corrected chi connectivity index (χ1v) is 9.12. The summed E-state index contributed by atoms with van der Waals surface area (Å²) in [6.07, 6.45) is 2.19. The van der Waals surface area contributed by atoms with Crippen LogP contribution in [0.3, 0.4) is 0 Å². The normalized spacial score (nSPS) is 23.9. The molecule has 1 amide bonds. The van der Waals surface area contributed by atoms with Crippen molar-refractivity contribution >= 4 is 18.3 Å². The van der Waals surface area contributed by atoms with Gasteiger partial charge in [-0.25, -0.2) is 0 Å². The van der Waals surface area contributed by atoms with E-state index in [4.69, 9.17) is 5.73 Å². The van der Waals surface area contributed by atoms with Gasteiger partial charge in [0.05, 0.1) is 0 Å². The van der Waals surface area contributed by atoms with Gasteiger partial charge in [0.2, 0.25) is 5.91 Å². The summed E-state index contributed by atoms with van der Waals surface area (Å²) in [5.74, 6) is 0.371. The number of amides is 1. The molecule has 0 radical (unpaired) electrons. The molecule has 2 aromatic carbocycles. The smallest absolute Gasteiger partial charge is 0.242 e. The van der Waals surface area contributed by atoms with Crippen molar-refractivity contribution in [3.8, 4) is 0 Å². The van der Waals surface area contributed by atoms with E-state index in [-0.39, 0.29) is 36.3 Å². The molecule has 2 fully saturated rings. The Morgan fingerprint density at radius 1 is 1.00 bits per heavy atom. The maximum atomic E-state index is 12.9. The van der Waals surface area contributed by atoms with E-state index in [2.05, 4.69) is 34.5 Å². The number of rotatable bonds is 5. The second-order valence-corrected chi connectivity index (χ2v) is 7.23. The van der Waals surface area contributed by atoms with Crippen LogP contribution in [0.5, 0.6) is 0 Å². The molecule has 1 saturated heterocycles. The zero-order valence-electron chi connectivity index (χ0n) is 14.8. The van der Waals surface area contributed by atoms with E-state index in [1.807, 2.05) is 36.4 Å². The van der Waals surface area contributed by atoms with E-state index >= 15 is 0 Å². The van der Waals surface area contributed by atoms with Crippen molar-refractivity contribution in [2.45, 2.75) is 36.9 Å². The summed E-state index contributed by atoms with van der Waals surface area (Å²) in [5, 5.41) is 3.18. The van der Waals surface area contributed by atoms with Gasteiger partial charge >= 0.3 is 0 Å². The molecule has 3 atom stereocenters. The molecule has 4 nitrogen and oxygen atoms in total. The van der Waals surface area contributed by atoms with Crippen LogP contribution in [-0.2, 0) is 4.79 Å². The second-order valence-electron chi connectivity index (χ2n) is 7.23. The van der Waals surface area contributed by atoms with Crippen LogP contribution in [0.15, 0.2) is 60.7 Å². The molecule has 2 aromatic rings. The fraction of sp³-hybridized carbons (Fsp3) is 0.381. The maximum absolute atomic E-state index is 12.9. The van der Waals surface area contributed by atoms with Crippen molar-refractivity contribution in [3.05, 3.63) is 71.8 Å². The minimum atomic E-state index is -0.262. The highest BCUT2D eigenvalue weighted by molar-refractivity contribution is 5.85. The van der Waals surface area contributed by atoms with Crippen LogP contribution in [0.1, 0.15) is 35.9 Å². The zero-order valence-corrected chi connectivity index (χ0v) is 15.6. The lowest BCUT2D eigenvalue weighted by atomic mass is 9.95. The average Bonchev–Trinajstić information content (AvgIpc) is 3.37. The summed E-state index contributed by atoms with van der Waals surface area (Å²) < 4.78 is 0. The Morgan fingerprint density at radius 3 is 2.23 bits per heavy atom. The van der Waals surface area contributed by atoms with Crippen molar-refractivity contribution in [2.75, 3.05) is 13.1 Å². The predicted octanol–water partition coefficient (Wildman–Crippen LogP) is 2.85. The van der Waals surface area contributed by atoms with Gasteiger partial charge < -0.3 is 11.1 Å². The van der Waals surface area contributed by atoms with Gasteiger partial charge in [-0.1, -0.05) is 60.7 Å². The summed E-state index contributed by atoms with van der Waals surface area (Å²) in [6.45, 7) is 1.54. The van der Waals surface area contributed by atoms with Gasteiger partial charge in [-0.15, -0.1) is 12.4 Å². The average molecular weight is 372 g/mol. The number of halogens is 1. The van der Waals surface area contributed by atoms with Gasteiger partial charge in [0.1, 0.15) is 6.04 Å². The van der Waals surface area contributed by atoms with Crippen LogP contribution < -0.4 is 11.1 Å². The van der Waals surface area contributed by atoms with E-state index < -0.39 is 0 Å². The first kappa shape index (κ1) is 18.9. The SMILES string of the molecule is Cl.N[C@@H]1CN(C(C(=O)NC2CC2)c2ccccc2)C[C@H]1c1ccccc1. The standard InChI is InChI=1S/C21H25N3O.ClH/c22-19-14-24(13-18(19)15-7-3-1-4-8-15)20(16-9-5-2-6-10-16)21(25)23-17-11-12-17;/h1-10,17-20H,11-14,22H2,(H,23,25);1H/t18-,19+,20?;/m0./s1. The number of hydrogen-bond donors (Lipinski definition) is 2. The molecule has 138 valence electrons. The highest BCUT2D eigenvalue weighted by Gasteiger charge is 2.39. The maximum Gasteiger partial charge on any atom is 0.242 e. The molecule has 0 aromatic heterocycles. The molecule has 1 saturated carbocycles. The molecule has 3 N–H and O–H groups in total. The van der Waals surface area contributed by atoms with Gasteiger partial charge in [-0.2, -0.15) is 0 Å². The highest BCUT2D eigenvalue weighted by atomic mass is 35.5. The first-order valence-electron chi connectivity index (χ1n) is 9.12. The third-order valence-electron chi connectivity index (χ3n) is 5.27. The summed E-state index contributed by atoms with van der Waals surface area (Å²) >= 11 is 0. The number of nitrogens with two attached hydrogens (primary N) is 1. The van der Waals surface area contributed by atoms with Gasteiger partial charge in [0.25, 0.3) is 0 Å². The number of hydrogen-bond acceptors (Lipinski definition) is 3. The Labute approximate surface area is 161 Å². The number of nitrogens with one attached hydrogen (secondary N) is 1. The van der Waals surface area contributed by atoms with Crippen LogP contribution in [0.25, 0.3) is 0 Å².